The predicted octanol–water partition coefficient (Wildman–Crippen LogP) is 2.11. The third kappa shape index (κ3) is 2.43. The number of anilines is 1. The van der Waals surface area contributed by atoms with Crippen molar-refractivity contribution in [3.05, 3.63) is 41.8 Å². The quantitative estimate of drug-likeness (QED) is 0.880. The van der Waals surface area contributed by atoms with Gasteiger partial charge in [0.25, 0.3) is 10.0 Å². The second-order valence-corrected chi connectivity index (χ2v) is 5.96. The summed E-state index contributed by atoms with van der Waals surface area (Å²) >= 11 is 5.64. The number of nitrogens with zero attached hydrogens (tertiary/aromatic N) is 2. The molecule has 0 bridgehead atoms. The molecule has 0 aliphatic carbocycles. The topological polar surface area (TPSA) is 66.1 Å². The van der Waals surface area contributed by atoms with Crippen molar-refractivity contribution >= 4 is 27.3 Å². The number of aromatic amines is 1. The van der Waals surface area contributed by atoms with Crippen LogP contribution in [0.5, 0.6) is 0 Å². The van der Waals surface area contributed by atoms with Gasteiger partial charge in [0.1, 0.15) is 5.82 Å². The Morgan fingerprint density at radius 2 is 2.11 bits per heavy atom. The third-order valence-electron chi connectivity index (χ3n) is 2.63. The standard InChI is InChI=1S/C11H11ClFN3O2S/c1-16(10-5-3-2-4-9(10)13)19(17,18)11-8(6-12)7-14-15-11/h2-5,7H,6H2,1H3,(H,14,15). The number of halogens is 2. The van der Waals surface area contributed by atoms with E-state index in [1.54, 1.807) is 6.07 Å². The Morgan fingerprint density at radius 1 is 1.42 bits per heavy atom. The van der Waals surface area contributed by atoms with Gasteiger partial charge in [-0.2, -0.15) is 13.5 Å². The van der Waals surface area contributed by atoms with Gasteiger partial charge < -0.3 is 0 Å². The van der Waals surface area contributed by atoms with E-state index in [9.17, 15) is 12.8 Å². The van der Waals surface area contributed by atoms with E-state index in [0.717, 1.165) is 4.31 Å². The highest BCUT2D eigenvalue weighted by Crippen LogP contribution is 2.25. The summed E-state index contributed by atoms with van der Waals surface area (Å²) in [6.45, 7) is 0. The smallest absolute Gasteiger partial charge is 0.266 e. The van der Waals surface area contributed by atoms with Gasteiger partial charge in [-0.15, -0.1) is 11.6 Å². The first-order valence-corrected chi connectivity index (χ1v) is 7.27. The van der Waals surface area contributed by atoms with Crippen molar-refractivity contribution in [1.29, 1.82) is 0 Å². The average molecular weight is 304 g/mol. The highest BCUT2D eigenvalue weighted by Gasteiger charge is 2.27. The molecule has 2 rings (SSSR count). The summed E-state index contributed by atoms with van der Waals surface area (Å²) in [7, 11) is -2.65. The lowest BCUT2D eigenvalue weighted by Gasteiger charge is -2.19. The number of para-hydroxylation sites is 1. The van der Waals surface area contributed by atoms with Crippen LogP contribution in [0.1, 0.15) is 5.56 Å². The van der Waals surface area contributed by atoms with Gasteiger partial charge in [-0.05, 0) is 12.1 Å². The summed E-state index contributed by atoms with van der Waals surface area (Å²) in [6, 6.07) is 5.61. The number of nitrogens with one attached hydrogen (secondary N) is 1. The van der Waals surface area contributed by atoms with Crippen LogP contribution >= 0.6 is 11.6 Å². The highest BCUT2D eigenvalue weighted by molar-refractivity contribution is 7.92. The number of H-pyrrole nitrogens is 1. The Morgan fingerprint density at radius 3 is 2.74 bits per heavy atom. The highest BCUT2D eigenvalue weighted by atomic mass is 35.5. The van der Waals surface area contributed by atoms with Crippen LogP contribution in [0.25, 0.3) is 0 Å². The largest absolute Gasteiger partial charge is 0.281 e. The van der Waals surface area contributed by atoms with Gasteiger partial charge in [0.2, 0.25) is 0 Å². The van der Waals surface area contributed by atoms with E-state index >= 15 is 0 Å². The van der Waals surface area contributed by atoms with Crippen LogP contribution in [0.3, 0.4) is 0 Å². The van der Waals surface area contributed by atoms with E-state index in [1.165, 1.54) is 31.4 Å². The zero-order valence-corrected chi connectivity index (χ0v) is 11.5. The first-order valence-electron chi connectivity index (χ1n) is 5.30. The van der Waals surface area contributed by atoms with Crippen LogP contribution < -0.4 is 4.31 Å². The monoisotopic (exact) mass is 303 g/mol. The maximum atomic E-state index is 13.6. The zero-order chi connectivity index (χ0) is 14.0. The van der Waals surface area contributed by atoms with Gasteiger partial charge in [-0.25, -0.2) is 4.39 Å². The fraction of sp³-hybridized carbons (Fsp3) is 0.182. The SMILES string of the molecule is CN(c1ccccc1F)S(=O)(=O)c1[nH]ncc1CCl. The van der Waals surface area contributed by atoms with Gasteiger partial charge in [-0.1, -0.05) is 12.1 Å². The van der Waals surface area contributed by atoms with Crippen molar-refractivity contribution in [3.8, 4) is 0 Å². The normalized spacial score (nSPS) is 11.5. The first-order chi connectivity index (χ1) is 8.98. The van der Waals surface area contributed by atoms with Crippen LogP contribution in [0.4, 0.5) is 10.1 Å². The average Bonchev–Trinajstić information content (AvgIpc) is 2.87. The molecule has 0 fully saturated rings. The van der Waals surface area contributed by atoms with Crippen LogP contribution in [0.2, 0.25) is 0 Å². The molecule has 1 aromatic heterocycles. The molecule has 1 N–H and O–H groups in total. The lowest BCUT2D eigenvalue weighted by atomic mass is 10.3. The second-order valence-electron chi connectivity index (χ2n) is 3.78. The van der Waals surface area contributed by atoms with Crippen molar-refractivity contribution < 1.29 is 12.8 Å². The van der Waals surface area contributed by atoms with Crippen LogP contribution in [-0.2, 0) is 15.9 Å². The minimum absolute atomic E-state index is 0.00379. The Bertz CT molecular complexity index is 687. The molecule has 0 amide bonds. The summed E-state index contributed by atoms with van der Waals surface area (Å²) in [5.74, 6) is -0.628. The number of rotatable bonds is 4. The van der Waals surface area contributed by atoms with Crippen LogP contribution in [-0.4, -0.2) is 25.7 Å². The molecule has 0 aliphatic rings. The van der Waals surface area contributed by atoms with Crippen LogP contribution in [0.15, 0.2) is 35.5 Å². The molecular weight excluding hydrogens is 293 g/mol. The molecule has 0 radical (unpaired) electrons. The minimum atomic E-state index is -3.92. The molecule has 0 aliphatic heterocycles. The van der Waals surface area contributed by atoms with Gasteiger partial charge in [0.05, 0.1) is 17.8 Å². The molecule has 0 atom stereocenters. The Labute approximate surface area is 115 Å². The Balaban J connectivity index is 2.49. The summed E-state index contributed by atoms with van der Waals surface area (Å²) in [4.78, 5) is 0. The number of hydrogen-bond acceptors (Lipinski definition) is 3. The summed E-state index contributed by atoms with van der Waals surface area (Å²) in [6.07, 6.45) is 1.33. The minimum Gasteiger partial charge on any atom is -0.266 e. The predicted molar refractivity (Wildman–Crippen MR) is 70.1 cm³/mol. The molecule has 0 saturated carbocycles. The lowest BCUT2D eigenvalue weighted by molar-refractivity contribution is 0.585. The zero-order valence-electron chi connectivity index (χ0n) is 9.97. The lowest BCUT2D eigenvalue weighted by Crippen LogP contribution is -2.28. The van der Waals surface area contributed by atoms with Gasteiger partial charge in [0.15, 0.2) is 5.03 Å². The van der Waals surface area contributed by atoms with E-state index in [1.807, 2.05) is 0 Å². The van der Waals surface area contributed by atoms with Gasteiger partial charge >= 0.3 is 0 Å². The number of sulfonamides is 1. The second kappa shape index (κ2) is 5.18. The van der Waals surface area contributed by atoms with Crippen molar-refractivity contribution in [2.24, 2.45) is 0 Å². The maximum Gasteiger partial charge on any atom is 0.281 e. The van der Waals surface area contributed by atoms with Gasteiger partial charge in [-0.3, -0.25) is 9.40 Å². The summed E-state index contributed by atoms with van der Waals surface area (Å²) in [5.41, 5.74) is 0.294. The van der Waals surface area contributed by atoms with E-state index in [0.29, 0.717) is 5.56 Å². The molecule has 1 aromatic carbocycles. The van der Waals surface area contributed by atoms with E-state index < -0.39 is 15.8 Å². The van der Waals surface area contributed by atoms with E-state index in [4.69, 9.17) is 11.6 Å². The van der Waals surface area contributed by atoms with Gasteiger partial charge in [0, 0.05) is 12.6 Å². The molecule has 1 heterocycles. The first kappa shape index (κ1) is 13.8. The van der Waals surface area contributed by atoms with Crippen molar-refractivity contribution in [1.82, 2.24) is 10.2 Å². The van der Waals surface area contributed by atoms with Crippen molar-refractivity contribution in [3.63, 3.8) is 0 Å². The van der Waals surface area contributed by atoms with Crippen molar-refractivity contribution in [2.75, 3.05) is 11.4 Å². The molecule has 0 spiro atoms. The molecule has 19 heavy (non-hydrogen) atoms. The molecule has 102 valence electrons. The number of benzene rings is 1. The fourth-order valence-electron chi connectivity index (χ4n) is 1.59. The Hall–Kier alpha value is -1.60. The molecular formula is C11H11ClFN3O2S. The number of hydrogen-bond donors (Lipinski definition) is 1. The van der Waals surface area contributed by atoms with Crippen molar-refractivity contribution in [2.45, 2.75) is 10.9 Å². The maximum absolute atomic E-state index is 13.6. The van der Waals surface area contributed by atoms with Crippen LogP contribution in [0, 0.1) is 5.82 Å². The molecule has 5 nitrogen and oxygen atoms in total. The van der Waals surface area contributed by atoms with E-state index in [-0.39, 0.29) is 16.6 Å². The molecule has 0 saturated heterocycles. The molecule has 2 aromatic rings. The fourth-order valence-corrected chi connectivity index (χ4v) is 3.18. The number of alkyl halides is 1. The Kier molecular flexibility index (Phi) is 3.77. The summed E-state index contributed by atoms with van der Waals surface area (Å²) < 4.78 is 39.2. The third-order valence-corrected chi connectivity index (χ3v) is 4.71. The summed E-state index contributed by atoms with van der Waals surface area (Å²) in [5, 5.41) is 5.90. The van der Waals surface area contributed by atoms with E-state index in [2.05, 4.69) is 10.2 Å². The number of aromatic nitrogens is 2. The molecule has 8 heteroatoms. The molecule has 0 unspecified atom stereocenters.